The fraction of sp³-hybridized carbons (Fsp3) is 0.625. The molecule has 2 aliphatic rings. The van der Waals surface area contributed by atoms with E-state index in [1.165, 1.54) is 12.8 Å². The van der Waals surface area contributed by atoms with Crippen LogP contribution < -0.4 is 10.1 Å². The molecule has 2 unspecified atom stereocenters. The number of fused-ring (bicyclic) bond motifs is 1. The summed E-state index contributed by atoms with van der Waals surface area (Å²) in [4.78, 5) is 0. The third kappa shape index (κ3) is 2.26. The Bertz CT molecular complexity index is 448. The summed E-state index contributed by atoms with van der Waals surface area (Å²) in [5.74, 6) is 1.78. The van der Waals surface area contributed by atoms with E-state index in [1.54, 1.807) is 7.11 Å². The van der Waals surface area contributed by atoms with Gasteiger partial charge in [0.15, 0.2) is 0 Å². The van der Waals surface area contributed by atoms with Crippen LogP contribution in [0, 0.1) is 11.8 Å². The summed E-state index contributed by atoms with van der Waals surface area (Å²) in [5.41, 5.74) is 0.326. The van der Waals surface area contributed by atoms with Crippen molar-refractivity contribution in [3.63, 3.8) is 0 Å². The van der Waals surface area contributed by atoms with Gasteiger partial charge in [-0.15, -0.1) is 0 Å². The molecule has 1 saturated carbocycles. The van der Waals surface area contributed by atoms with Gasteiger partial charge in [-0.05, 0) is 43.0 Å². The van der Waals surface area contributed by atoms with Crippen molar-refractivity contribution in [3.05, 3.63) is 29.8 Å². The van der Waals surface area contributed by atoms with Crippen molar-refractivity contribution >= 4 is 0 Å². The molecule has 1 aliphatic heterocycles. The number of nitrogens with one attached hydrogen (secondary N) is 1. The molecule has 0 bridgehead atoms. The topological polar surface area (TPSA) is 41.5 Å². The molecule has 1 heterocycles. The second-order valence-electron chi connectivity index (χ2n) is 5.93. The zero-order valence-electron chi connectivity index (χ0n) is 11.6. The van der Waals surface area contributed by atoms with Gasteiger partial charge in [0.1, 0.15) is 5.75 Å². The van der Waals surface area contributed by atoms with Gasteiger partial charge < -0.3 is 15.2 Å². The van der Waals surface area contributed by atoms with E-state index in [2.05, 4.69) is 5.32 Å². The first-order valence-corrected chi connectivity index (χ1v) is 7.31. The number of ether oxygens (including phenoxy) is 1. The van der Waals surface area contributed by atoms with Crippen LogP contribution in [0.2, 0.25) is 0 Å². The molecular formula is C16H23NO2. The number of hydrogen-bond acceptors (Lipinski definition) is 3. The van der Waals surface area contributed by atoms with Gasteiger partial charge in [-0.3, -0.25) is 0 Å². The Morgan fingerprint density at radius 3 is 3.05 bits per heavy atom. The lowest BCUT2D eigenvalue weighted by molar-refractivity contribution is -0.0348. The Labute approximate surface area is 115 Å². The zero-order chi connectivity index (χ0) is 13.3. The molecular weight excluding hydrogens is 238 g/mol. The molecule has 104 valence electrons. The Balaban J connectivity index is 1.98. The maximum atomic E-state index is 11.3. The molecule has 2 fully saturated rings. The van der Waals surface area contributed by atoms with E-state index in [4.69, 9.17) is 4.74 Å². The lowest BCUT2D eigenvalue weighted by Crippen LogP contribution is -2.38. The molecule has 1 saturated heterocycles. The van der Waals surface area contributed by atoms with Crippen molar-refractivity contribution < 1.29 is 9.84 Å². The first kappa shape index (κ1) is 12.9. The minimum Gasteiger partial charge on any atom is -0.497 e. The molecule has 1 aliphatic carbocycles. The van der Waals surface area contributed by atoms with Crippen molar-refractivity contribution in [1.29, 1.82) is 0 Å². The Kier molecular flexibility index (Phi) is 3.50. The second-order valence-corrected chi connectivity index (χ2v) is 5.93. The number of methoxy groups -OCH3 is 1. The van der Waals surface area contributed by atoms with E-state index in [-0.39, 0.29) is 0 Å². The summed E-state index contributed by atoms with van der Waals surface area (Å²) in [6, 6.07) is 7.96. The summed E-state index contributed by atoms with van der Waals surface area (Å²) in [5, 5.41) is 14.8. The molecule has 3 atom stereocenters. The van der Waals surface area contributed by atoms with Gasteiger partial charge in [-0.2, -0.15) is 0 Å². The first-order valence-electron chi connectivity index (χ1n) is 7.31. The lowest BCUT2D eigenvalue weighted by atomic mass is 9.75. The van der Waals surface area contributed by atoms with E-state index in [9.17, 15) is 5.11 Å². The van der Waals surface area contributed by atoms with Gasteiger partial charge in [0.2, 0.25) is 0 Å². The minimum absolute atomic E-state index is 0.335. The normalized spacial score (nSPS) is 34.6. The van der Waals surface area contributed by atoms with E-state index in [1.807, 2.05) is 24.3 Å². The van der Waals surface area contributed by atoms with Gasteiger partial charge in [0.05, 0.1) is 12.7 Å². The largest absolute Gasteiger partial charge is 0.497 e. The molecule has 0 amide bonds. The number of benzene rings is 1. The maximum absolute atomic E-state index is 11.3. The first-order chi connectivity index (χ1) is 9.24. The van der Waals surface area contributed by atoms with E-state index >= 15 is 0 Å². The summed E-state index contributed by atoms with van der Waals surface area (Å²) in [6.45, 7) is 1.98. The summed E-state index contributed by atoms with van der Waals surface area (Å²) in [7, 11) is 1.68. The molecule has 0 aromatic heterocycles. The molecule has 3 rings (SSSR count). The van der Waals surface area contributed by atoms with Crippen LogP contribution in [-0.2, 0) is 5.60 Å². The fourth-order valence-electron chi connectivity index (χ4n) is 3.83. The van der Waals surface area contributed by atoms with Crippen LogP contribution >= 0.6 is 0 Å². The lowest BCUT2D eigenvalue weighted by Gasteiger charge is -2.35. The fourth-order valence-corrected chi connectivity index (χ4v) is 3.83. The van der Waals surface area contributed by atoms with E-state index in [0.29, 0.717) is 11.8 Å². The van der Waals surface area contributed by atoms with Crippen molar-refractivity contribution in [2.24, 2.45) is 11.8 Å². The number of aliphatic hydroxyl groups is 1. The molecule has 3 heteroatoms. The second kappa shape index (κ2) is 5.14. The smallest absolute Gasteiger partial charge is 0.119 e. The third-order valence-electron chi connectivity index (χ3n) is 4.91. The van der Waals surface area contributed by atoms with Gasteiger partial charge in [0, 0.05) is 12.5 Å². The van der Waals surface area contributed by atoms with Crippen LogP contribution in [0.4, 0.5) is 0 Å². The molecule has 19 heavy (non-hydrogen) atoms. The van der Waals surface area contributed by atoms with Crippen LogP contribution in [0.25, 0.3) is 0 Å². The highest BCUT2D eigenvalue weighted by Crippen LogP contribution is 2.45. The van der Waals surface area contributed by atoms with Gasteiger partial charge in [0.25, 0.3) is 0 Å². The minimum atomic E-state index is -0.695. The van der Waals surface area contributed by atoms with Crippen molar-refractivity contribution in [2.75, 3.05) is 20.2 Å². The molecule has 1 aromatic carbocycles. The Morgan fingerprint density at radius 1 is 1.32 bits per heavy atom. The van der Waals surface area contributed by atoms with Crippen molar-refractivity contribution in [3.8, 4) is 5.75 Å². The average Bonchev–Trinajstić information content (AvgIpc) is 2.86. The quantitative estimate of drug-likeness (QED) is 0.858. The molecule has 3 nitrogen and oxygen atoms in total. The Hall–Kier alpha value is -1.06. The van der Waals surface area contributed by atoms with Crippen molar-refractivity contribution in [1.82, 2.24) is 5.32 Å². The number of hydrogen-bond donors (Lipinski definition) is 2. The third-order valence-corrected chi connectivity index (χ3v) is 4.91. The van der Waals surface area contributed by atoms with Crippen LogP contribution in [0.1, 0.15) is 31.2 Å². The van der Waals surface area contributed by atoms with Gasteiger partial charge in [-0.1, -0.05) is 25.0 Å². The Morgan fingerprint density at radius 2 is 2.21 bits per heavy atom. The summed E-state index contributed by atoms with van der Waals surface area (Å²) in [6.07, 6.45) is 4.45. The standard InChI is InChI=1S/C16H23NO2/c1-19-14-7-4-6-13(9-14)16(18)8-3-2-5-12-10-17-11-15(12)16/h4,6-7,9,12,15,17-18H,2-3,5,8,10-11H2,1H3/t12?,15?,16-/m1/s1. The van der Waals surface area contributed by atoms with Gasteiger partial charge in [-0.25, -0.2) is 0 Å². The maximum Gasteiger partial charge on any atom is 0.119 e. The van der Waals surface area contributed by atoms with Crippen molar-refractivity contribution in [2.45, 2.75) is 31.3 Å². The van der Waals surface area contributed by atoms with E-state index < -0.39 is 5.60 Å². The predicted octanol–water partition coefficient (Wildman–Crippen LogP) is 2.29. The average molecular weight is 261 g/mol. The molecule has 2 N–H and O–H groups in total. The van der Waals surface area contributed by atoms with Crippen LogP contribution in [0.3, 0.4) is 0 Å². The molecule has 0 radical (unpaired) electrons. The zero-order valence-corrected chi connectivity index (χ0v) is 11.6. The van der Waals surface area contributed by atoms with Crippen LogP contribution in [0.15, 0.2) is 24.3 Å². The SMILES string of the molecule is COc1cccc([C@]2(O)CCCCC3CNCC32)c1. The van der Waals surface area contributed by atoms with Gasteiger partial charge >= 0.3 is 0 Å². The summed E-state index contributed by atoms with van der Waals surface area (Å²) >= 11 is 0. The monoisotopic (exact) mass is 261 g/mol. The molecule has 1 aromatic rings. The summed E-state index contributed by atoms with van der Waals surface area (Å²) < 4.78 is 5.31. The van der Waals surface area contributed by atoms with Crippen LogP contribution in [-0.4, -0.2) is 25.3 Å². The highest BCUT2D eigenvalue weighted by atomic mass is 16.5. The van der Waals surface area contributed by atoms with E-state index in [0.717, 1.165) is 37.2 Å². The highest BCUT2D eigenvalue weighted by molar-refractivity contribution is 5.33. The molecule has 0 spiro atoms. The van der Waals surface area contributed by atoms with Crippen LogP contribution in [0.5, 0.6) is 5.75 Å². The predicted molar refractivity (Wildman–Crippen MR) is 75.2 cm³/mol. The number of rotatable bonds is 2. The highest BCUT2D eigenvalue weighted by Gasteiger charge is 2.46.